The van der Waals surface area contributed by atoms with Crippen molar-refractivity contribution in [2.45, 2.75) is 39.0 Å². The summed E-state index contributed by atoms with van der Waals surface area (Å²) in [5.74, 6) is 1.53. The van der Waals surface area contributed by atoms with Crippen molar-refractivity contribution in [1.29, 1.82) is 0 Å². The van der Waals surface area contributed by atoms with Gasteiger partial charge in [-0.25, -0.2) is 14.8 Å². The van der Waals surface area contributed by atoms with Gasteiger partial charge in [-0.05, 0) is 44.5 Å². The Morgan fingerprint density at radius 2 is 1.85 bits per heavy atom. The third kappa shape index (κ3) is 8.40. The second kappa shape index (κ2) is 12.3. The van der Waals surface area contributed by atoms with E-state index >= 15 is 0 Å². The molecule has 2 N–H and O–H groups in total. The van der Waals surface area contributed by atoms with Crippen molar-refractivity contribution in [2.24, 2.45) is 5.10 Å². The summed E-state index contributed by atoms with van der Waals surface area (Å²) in [5.41, 5.74) is 3.01. The Kier molecular flexibility index (Phi) is 8.88. The molecule has 0 radical (unpaired) electrons. The van der Waals surface area contributed by atoms with Crippen molar-refractivity contribution < 1.29 is 27.4 Å². The van der Waals surface area contributed by atoms with Crippen LogP contribution < -0.4 is 15.6 Å². The summed E-state index contributed by atoms with van der Waals surface area (Å²) in [6.45, 7) is 7.79. The quantitative estimate of drug-likeness (QED) is 0.273. The van der Waals surface area contributed by atoms with E-state index in [2.05, 4.69) is 30.7 Å². The van der Waals surface area contributed by atoms with Gasteiger partial charge in [-0.2, -0.15) is 18.3 Å². The highest BCUT2D eigenvalue weighted by atomic mass is 19.4. The Balaban J connectivity index is 1.48. The van der Waals surface area contributed by atoms with E-state index in [0.717, 1.165) is 23.3 Å². The van der Waals surface area contributed by atoms with Gasteiger partial charge >= 0.3 is 12.3 Å². The van der Waals surface area contributed by atoms with Crippen LogP contribution >= 0.6 is 0 Å². The predicted octanol–water partition coefficient (Wildman–Crippen LogP) is 5.66. The molecule has 0 bridgehead atoms. The maximum atomic E-state index is 13.0. The number of hydrogen-bond acceptors (Lipinski definition) is 8. The molecule has 12 heteroatoms. The van der Waals surface area contributed by atoms with E-state index in [0.29, 0.717) is 43.8 Å². The van der Waals surface area contributed by atoms with Crippen LogP contribution in [0, 0.1) is 6.92 Å². The topological polar surface area (TPSA) is 101 Å². The van der Waals surface area contributed by atoms with E-state index < -0.39 is 23.4 Å². The van der Waals surface area contributed by atoms with Crippen LogP contribution in [0.25, 0.3) is 0 Å². The van der Waals surface area contributed by atoms with Gasteiger partial charge in [0.2, 0.25) is 0 Å². The Hall–Kier alpha value is -4.19. The molecule has 1 saturated heterocycles. The average Bonchev–Trinajstić information content (AvgIpc) is 2.88. The lowest BCUT2D eigenvalue weighted by Crippen LogP contribution is -2.37. The molecule has 0 spiro atoms. The summed E-state index contributed by atoms with van der Waals surface area (Å²) < 4.78 is 50.1. The molecule has 0 saturated carbocycles. The number of anilines is 3. The van der Waals surface area contributed by atoms with Gasteiger partial charge in [0.05, 0.1) is 25.0 Å². The summed E-state index contributed by atoms with van der Waals surface area (Å²) in [5, 5.41) is 6.68. The van der Waals surface area contributed by atoms with Crippen molar-refractivity contribution in [1.82, 2.24) is 9.97 Å². The van der Waals surface area contributed by atoms with E-state index in [9.17, 15) is 18.0 Å². The van der Waals surface area contributed by atoms with Gasteiger partial charge in [0.15, 0.2) is 5.82 Å². The largest absolute Gasteiger partial charge is 0.443 e. The number of nitrogens with zero attached hydrogens (tertiary/aromatic N) is 4. The van der Waals surface area contributed by atoms with Crippen LogP contribution in [-0.4, -0.2) is 54.2 Å². The first-order valence-electron chi connectivity index (χ1n) is 12.7. The Bertz CT molecular complexity index is 1360. The highest BCUT2D eigenvalue weighted by molar-refractivity contribution is 5.85. The summed E-state index contributed by atoms with van der Waals surface area (Å²) in [6, 6.07) is 14.0. The number of rotatable bonds is 8. The standard InChI is InChI=1S/C28H31F3N6O3/c1-19-6-4-7-20(14-19)18-32-36-23-16-25(37-10-12-39-13-11-37)35-24(34-23)17-27(2,3)40-26(38)33-22-9-5-8-21(15-22)28(29,30)31/h4-9,14-16,18H,10-13,17H2,1-3H3,(H,33,38)(H,34,35,36)/b32-18+. The van der Waals surface area contributed by atoms with Crippen molar-refractivity contribution in [2.75, 3.05) is 41.9 Å². The lowest BCUT2D eigenvalue weighted by Gasteiger charge is -2.29. The van der Waals surface area contributed by atoms with E-state index in [-0.39, 0.29) is 12.1 Å². The molecule has 1 aliphatic heterocycles. The van der Waals surface area contributed by atoms with Crippen molar-refractivity contribution >= 4 is 29.6 Å². The molecule has 9 nitrogen and oxygen atoms in total. The minimum Gasteiger partial charge on any atom is -0.443 e. The number of hydrogen-bond donors (Lipinski definition) is 2. The number of alkyl halides is 3. The highest BCUT2D eigenvalue weighted by Gasteiger charge is 2.31. The van der Waals surface area contributed by atoms with Gasteiger partial charge in [0.25, 0.3) is 0 Å². The molecule has 4 rings (SSSR count). The maximum Gasteiger partial charge on any atom is 0.416 e. The van der Waals surface area contributed by atoms with Crippen molar-refractivity contribution in [3.05, 3.63) is 77.1 Å². The zero-order valence-electron chi connectivity index (χ0n) is 22.5. The molecular formula is C28H31F3N6O3. The molecule has 2 heterocycles. The van der Waals surface area contributed by atoms with E-state index in [1.54, 1.807) is 26.1 Å². The number of halogens is 3. The smallest absolute Gasteiger partial charge is 0.416 e. The third-order valence-corrected chi connectivity index (χ3v) is 5.92. The highest BCUT2D eigenvalue weighted by Crippen LogP contribution is 2.31. The molecule has 40 heavy (non-hydrogen) atoms. The number of carbonyl (C=O) groups excluding carboxylic acids is 1. The molecule has 1 aromatic heterocycles. The summed E-state index contributed by atoms with van der Waals surface area (Å²) >= 11 is 0. The first kappa shape index (κ1) is 28.8. The zero-order chi connectivity index (χ0) is 28.8. The van der Waals surface area contributed by atoms with Crippen LogP contribution in [0.5, 0.6) is 0 Å². The lowest BCUT2D eigenvalue weighted by molar-refractivity contribution is -0.137. The van der Waals surface area contributed by atoms with Gasteiger partial charge < -0.3 is 14.4 Å². The molecule has 1 fully saturated rings. The average molecular weight is 557 g/mol. The zero-order valence-corrected chi connectivity index (χ0v) is 22.5. The Labute approximate surface area is 230 Å². The van der Waals surface area contributed by atoms with Crippen LogP contribution in [0.1, 0.15) is 36.4 Å². The number of hydrazone groups is 1. The van der Waals surface area contributed by atoms with Crippen molar-refractivity contribution in [3.8, 4) is 0 Å². The van der Waals surface area contributed by atoms with Crippen LogP contribution in [0.3, 0.4) is 0 Å². The number of benzene rings is 2. The number of nitrogens with one attached hydrogen (secondary N) is 2. The van der Waals surface area contributed by atoms with Crippen molar-refractivity contribution in [3.63, 3.8) is 0 Å². The monoisotopic (exact) mass is 556 g/mol. The Morgan fingerprint density at radius 3 is 2.58 bits per heavy atom. The summed E-state index contributed by atoms with van der Waals surface area (Å²) in [7, 11) is 0. The van der Waals surface area contributed by atoms with E-state index in [1.807, 2.05) is 31.2 Å². The van der Waals surface area contributed by atoms with Gasteiger partial charge in [-0.1, -0.05) is 35.9 Å². The number of aromatic nitrogens is 2. The second-order valence-electron chi connectivity index (χ2n) is 9.94. The van der Waals surface area contributed by atoms with Gasteiger partial charge in [0.1, 0.15) is 17.2 Å². The van der Waals surface area contributed by atoms with Crippen LogP contribution in [0.15, 0.2) is 59.7 Å². The molecule has 0 aliphatic carbocycles. The SMILES string of the molecule is Cc1cccc(/C=N/Nc2cc(N3CCOCC3)nc(CC(C)(C)OC(=O)Nc3cccc(C(F)(F)F)c3)n2)c1. The molecule has 2 aromatic carbocycles. The van der Waals surface area contributed by atoms with Gasteiger partial charge in [-0.15, -0.1) is 0 Å². The molecular weight excluding hydrogens is 525 g/mol. The summed E-state index contributed by atoms with van der Waals surface area (Å²) in [4.78, 5) is 23.9. The fraction of sp³-hybridized carbons (Fsp3) is 0.357. The lowest BCUT2D eigenvalue weighted by atomic mass is 10.0. The fourth-order valence-electron chi connectivity index (χ4n) is 4.08. The number of carbonyl (C=O) groups is 1. The molecule has 1 amide bonds. The van der Waals surface area contributed by atoms with E-state index in [1.165, 1.54) is 12.1 Å². The fourth-order valence-corrected chi connectivity index (χ4v) is 4.08. The first-order chi connectivity index (χ1) is 19.0. The van der Waals surface area contributed by atoms with Crippen LogP contribution in [-0.2, 0) is 22.1 Å². The second-order valence-corrected chi connectivity index (χ2v) is 9.94. The van der Waals surface area contributed by atoms with Gasteiger partial charge in [0, 0.05) is 31.3 Å². The number of aryl methyl sites for hydroxylation is 1. The normalized spacial score (nSPS) is 14.3. The molecule has 212 valence electrons. The van der Waals surface area contributed by atoms with Crippen LogP contribution in [0.4, 0.5) is 35.3 Å². The number of morpholine rings is 1. The number of ether oxygens (including phenoxy) is 2. The van der Waals surface area contributed by atoms with Crippen LogP contribution in [0.2, 0.25) is 0 Å². The molecule has 0 unspecified atom stereocenters. The minimum atomic E-state index is -4.53. The summed E-state index contributed by atoms with van der Waals surface area (Å²) in [6.07, 6.45) is -3.60. The first-order valence-corrected chi connectivity index (χ1v) is 12.7. The molecule has 3 aromatic rings. The maximum absolute atomic E-state index is 13.0. The predicted molar refractivity (Wildman–Crippen MR) is 147 cm³/mol. The van der Waals surface area contributed by atoms with Gasteiger partial charge in [-0.3, -0.25) is 10.7 Å². The molecule has 1 aliphatic rings. The third-order valence-electron chi connectivity index (χ3n) is 5.92. The Morgan fingerprint density at radius 1 is 1.10 bits per heavy atom. The molecule has 0 atom stereocenters. The van der Waals surface area contributed by atoms with E-state index in [4.69, 9.17) is 9.47 Å². The number of amides is 1. The minimum absolute atomic E-state index is 0.0286.